The highest BCUT2D eigenvalue weighted by Crippen LogP contribution is 2.38. The Morgan fingerprint density at radius 2 is 1.45 bits per heavy atom. The quantitative estimate of drug-likeness (QED) is 0.231. The van der Waals surface area contributed by atoms with Gasteiger partial charge in [0.1, 0.15) is 34.7 Å². The minimum atomic E-state index is -0.799. The molecule has 196 valence electrons. The van der Waals surface area contributed by atoms with E-state index in [4.69, 9.17) is 14.2 Å². The number of aromatic nitrogens is 1. The summed E-state index contributed by atoms with van der Waals surface area (Å²) in [4.78, 5) is 29.3. The summed E-state index contributed by atoms with van der Waals surface area (Å²) in [6, 6.07) is 12.1. The molecule has 0 aliphatic rings. The summed E-state index contributed by atoms with van der Waals surface area (Å²) in [6.45, 7) is 3.74. The van der Waals surface area contributed by atoms with Crippen LogP contribution in [-0.4, -0.2) is 30.8 Å². The monoisotopic (exact) mass is 519 g/mol. The molecule has 0 unspecified atom stereocenters. The maximum atomic E-state index is 13.8. The number of benzene rings is 3. The number of ketones is 2. The molecule has 0 aliphatic heterocycles. The lowest BCUT2D eigenvalue weighted by atomic mass is 9.97. The molecule has 0 N–H and O–H groups in total. The van der Waals surface area contributed by atoms with Crippen LogP contribution in [0.25, 0.3) is 10.9 Å². The Hall–Kier alpha value is -4.33. The number of hydrogen-bond donors (Lipinski definition) is 0. The molecule has 3 aromatic carbocycles. The highest BCUT2D eigenvalue weighted by atomic mass is 19.1. The normalized spacial score (nSPS) is 10.9. The summed E-state index contributed by atoms with van der Waals surface area (Å²) >= 11 is 0. The highest BCUT2D eigenvalue weighted by molar-refractivity contribution is 6.00. The zero-order valence-corrected chi connectivity index (χ0v) is 21.6. The van der Waals surface area contributed by atoms with Gasteiger partial charge < -0.3 is 14.2 Å². The highest BCUT2D eigenvalue weighted by Gasteiger charge is 2.17. The molecule has 4 aromatic rings. The molecule has 0 saturated carbocycles. The molecular weight excluding hydrogens is 492 g/mol. The second-order valence-corrected chi connectivity index (χ2v) is 9.02. The number of nitrogens with zero attached hydrogens (tertiary/aromatic N) is 1. The number of aryl methyl sites for hydroxylation is 2. The summed E-state index contributed by atoms with van der Waals surface area (Å²) < 4.78 is 44.0. The number of hydrogen-bond acceptors (Lipinski definition) is 6. The molecule has 0 amide bonds. The summed E-state index contributed by atoms with van der Waals surface area (Å²) in [7, 11) is 3.12. The Morgan fingerprint density at radius 3 is 2.13 bits per heavy atom. The molecule has 1 aromatic heterocycles. The van der Waals surface area contributed by atoms with E-state index in [0.717, 1.165) is 34.2 Å². The van der Waals surface area contributed by atoms with E-state index in [0.29, 0.717) is 28.5 Å². The van der Waals surface area contributed by atoms with Crippen LogP contribution in [0.2, 0.25) is 0 Å². The smallest absolute Gasteiger partial charge is 0.162 e. The molecule has 0 spiro atoms. The van der Waals surface area contributed by atoms with Gasteiger partial charge in [-0.05, 0) is 60.4 Å². The summed E-state index contributed by atoms with van der Waals surface area (Å²) in [5.74, 6) is 0.0897. The first kappa shape index (κ1) is 26.7. The standard InChI is InChI=1S/C30H27F2NO5/c1-17-10-28(38-27-7-8-33-26-16-30(37-4)29(36-3)15-24(26)27)18(2)9-20(17)12-23(35)14-22(34)11-19-5-6-21(31)13-25(19)32/h5-10,13,15-16H,11-12,14H2,1-4H3. The summed E-state index contributed by atoms with van der Waals surface area (Å²) in [6.07, 6.45) is 1.11. The van der Waals surface area contributed by atoms with Crippen LogP contribution >= 0.6 is 0 Å². The van der Waals surface area contributed by atoms with Gasteiger partial charge in [0.25, 0.3) is 0 Å². The predicted molar refractivity (Wildman–Crippen MR) is 139 cm³/mol. The van der Waals surface area contributed by atoms with Crippen LogP contribution < -0.4 is 14.2 Å². The van der Waals surface area contributed by atoms with Gasteiger partial charge in [0.2, 0.25) is 0 Å². The lowest BCUT2D eigenvalue weighted by molar-refractivity contribution is -0.126. The first-order valence-corrected chi connectivity index (χ1v) is 11.9. The van der Waals surface area contributed by atoms with Gasteiger partial charge in [-0.1, -0.05) is 12.1 Å². The fourth-order valence-corrected chi connectivity index (χ4v) is 4.24. The molecule has 0 radical (unpaired) electrons. The third-order valence-corrected chi connectivity index (χ3v) is 6.24. The van der Waals surface area contributed by atoms with Crippen molar-refractivity contribution < 1.29 is 32.6 Å². The van der Waals surface area contributed by atoms with Crippen molar-refractivity contribution >= 4 is 22.5 Å². The van der Waals surface area contributed by atoms with Crippen LogP contribution in [0.15, 0.2) is 54.7 Å². The lowest BCUT2D eigenvalue weighted by Gasteiger charge is -2.15. The van der Waals surface area contributed by atoms with Gasteiger partial charge in [0, 0.05) is 36.6 Å². The summed E-state index contributed by atoms with van der Waals surface area (Å²) in [5.41, 5.74) is 3.16. The van der Waals surface area contributed by atoms with Crippen LogP contribution in [0.4, 0.5) is 8.78 Å². The van der Waals surface area contributed by atoms with Crippen molar-refractivity contribution in [3.05, 3.63) is 88.6 Å². The molecule has 4 rings (SSSR count). The van der Waals surface area contributed by atoms with Crippen molar-refractivity contribution in [3.8, 4) is 23.0 Å². The molecule has 0 aliphatic carbocycles. The average molecular weight is 520 g/mol. The largest absolute Gasteiger partial charge is 0.493 e. The molecule has 8 heteroatoms. The van der Waals surface area contributed by atoms with Crippen LogP contribution in [0, 0.1) is 25.5 Å². The Kier molecular flexibility index (Phi) is 8.00. The van der Waals surface area contributed by atoms with Gasteiger partial charge in [0.15, 0.2) is 11.5 Å². The van der Waals surface area contributed by atoms with Crippen LogP contribution in [0.1, 0.15) is 28.7 Å². The number of methoxy groups -OCH3 is 2. The van der Waals surface area contributed by atoms with E-state index in [9.17, 15) is 18.4 Å². The third-order valence-electron chi connectivity index (χ3n) is 6.24. The lowest BCUT2D eigenvalue weighted by Crippen LogP contribution is -2.13. The molecule has 6 nitrogen and oxygen atoms in total. The van der Waals surface area contributed by atoms with E-state index in [2.05, 4.69) is 4.98 Å². The van der Waals surface area contributed by atoms with Gasteiger partial charge in [-0.2, -0.15) is 0 Å². The number of halogens is 2. The first-order chi connectivity index (χ1) is 18.2. The third kappa shape index (κ3) is 5.96. The van der Waals surface area contributed by atoms with Crippen molar-refractivity contribution in [1.29, 1.82) is 0 Å². The molecule has 38 heavy (non-hydrogen) atoms. The van der Waals surface area contributed by atoms with Crippen molar-refractivity contribution in [2.75, 3.05) is 14.2 Å². The van der Waals surface area contributed by atoms with Crippen molar-refractivity contribution in [2.24, 2.45) is 0 Å². The number of rotatable bonds is 10. The van der Waals surface area contributed by atoms with E-state index >= 15 is 0 Å². The Labute approximate surface area is 219 Å². The number of ether oxygens (including phenoxy) is 3. The molecule has 0 bridgehead atoms. The maximum absolute atomic E-state index is 13.8. The zero-order chi connectivity index (χ0) is 27.4. The van der Waals surface area contributed by atoms with Crippen molar-refractivity contribution in [3.63, 3.8) is 0 Å². The fourth-order valence-electron chi connectivity index (χ4n) is 4.24. The molecule has 0 saturated heterocycles. The van der Waals surface area contributed by atoms with E-state index in [1.54, 1.807) is 38.6 Å². The first-order valence-electron chi connectivity index (χ1n) is 11.9. The fraction of sp³-hybridized carbons (Fsp3) is 0.233. The second kappa shape index (κ2) is 11.4. The maximum Gasteiger partial charge on any atom is 0.162 e. The second-order valence-electron chi connectivity index (χ2n) is 9.02. The number of fused-ring (bicyclic) bond motifs is 1. The van der Waals surface area contributed by atoms with Gasteiger partial charge in [-0.3, -0.25) is 14.6 Å². The van der Waals surface area contributed by atoms with E-state index < -0.39 is 17.4 Å². The average Bonchev–Trinajstić information content (AvgIpc) is 2.87. The minimum absolute atomic E-state index is 0.0553. The van der Waals surface area contributed by atoms with E-state index in [-0.39, 0.29) is 30.6 Å². The van der Waals surface area contributed by atoms with Gasteiger partial charge in [0.05, 0.1) is 26.2 Å². The number of carbonyl (C=O) groups excluding carboxylic acids is 2. The van der Waals surface area contributed by atoms with Crippen LogP contribution in [-0.2, 0) is 22.4 Å². The Bertz CT molecular complexity index is 1530. The van der Waals surface area contributed by atoms with Gasteiger partial charge in [-0.15, -0.1) is 0 Å². The summed E-state index contributed by atoms with van der Waals surface area (Å²) in [5, 5.41) is 0.748. The van der Waals surface area contributed by atoms with E-state index in [1.807, 2.05) is 26.0 Å². The van der Waals surface area contributed by atoms with Gasteiger partial charge >= 0.3 is 0 Å². The van der Waals surface area contributed by atoms with Crippen molar-refractivity contribution in [1.82, 2.24) is 4.98 Å². The molecular formula is C30H27F2NO5. The number of carbonyl (C=O) groups is 2. The SMILES string of the molecule is COc1cc2nccc(Oc3cc(C)c(CC(=O)CC(=O)Cc4ccc(F)cc4F)cc3C)c2cc1OC. The van der Waals surface area contributed by atoms with E-state index in [1.165, 1.54) is 6.07 Å². The Morgan fingerprint density at radius 1 is 0.763 bits per heavy atom. The van der Waals surface area contributed by atoms with Crippen LogP contribution in [0.5, 0.6) is 23.0 Å². The zero-order valence-electron chi connectivity index (χ0n) is 21.6. The topological polar surface area (TPSA) is 74.7 Å². The predicted octanol–water partition coefficient (Wildman–Crippen LogP) is 6.25. The Balaban J connectivity index is 1.48. The minimum Gasteiger partial charge on any atom is -0.493 e. The molecule has 1 heterocycles. The van der Waals surface area contributed by atoms with Crippen molar-refractivity contribution in [2.45, 2.75) is 33.1 Å². The van der Waals surface area contributed by atoms with Gasteiger partial charge in [-0.25, -0.2) is 8.78 Å². The van der Waals surface area contributed by atoms with Crippen LogP contribution in [0.3, 0.4) is 0 Å². The molecule has 0 atom stereocenters. The molecule has 0 fully saturated rings. The number of Topliss-reactive ketones (excluding diaryl/α,β-unsaturated/α-hetero) is 2. The number of pyridine rings is 1.